The molecule has 1 aromatic heterocycles. The van der Waals surface area contributed by atoms with Gasteiger partial charge in [0.1, 0.15) is 5.75 Å². The molecule has 0 amide bonds. The lowest BCUT2D eigenvalue weighted by Gasteiger charge is -2.15. The number of methoxy groups -OCH3 is 1. The van der Waals surface area contributed by atoms with Gasteiger partial charge < -0.3 is 4.74 Å². The van der Waals surface area contributed by atoms with Gasteiger partial charge in [0.05, 0.1) is 17.7 Å². The summed E-state index contributed by atoms with van der Waals surface area (Å²) in [5, 5.41) is 0. The summed E-state index contributed by atoms with van der Waals surface area (Å²) < 4.78 is 33.4. The van der Waals surface area contributed by atoms with Crippen molar-refractivity contribution in [3.8, 4) is 17.0 Å². The van der Waals surface area contributed by atoms with Gasteiger partial charge in [0.2, 0.25) is 10.0 Å². The van der Waals surface area contributed by atoms with Crippen molar-refractivity contribution in [1.82, 2.24) is 9.71 Å². The van der Waals surface area contributed by atoms with Crippen LogP contribution in [-0.4, -0.2) is 20.5 Å². The SMILES string of the molecule is COc1ccc(-c2nc(C)cc(C)c2CNS(=O)(=O)c2cccc(C)c2)cc1. The quantitative estimate of drug-likeness (QED) is 0.679. The molecule has 0 aliphatic carbocycles. The highest BCUT2D eigenvalue weighted by molar-refractivity contribution is 7.89. The van der Waals surface area contributed by atoms with E-state index in [2.05, 4.69) is 9.71 Å². The summed E-state index contributed by atoms with van der Waals surface area (Å²) in [7, 11) is -1.99. The molecule has 0 aliphatic heterocycles. The Morgan fingerprint density at radius 1 is 1.00 bits per heavy atom. The maximum Gasteiger partial charge on any atom is 0.240 e. The van der Waals surface area contributed by atoms with Crippen LogP contribution in [0.2, 0.25) is 0 Å². The van der Waals surface area contributed by atoms with E-state index in [9.17, 15) is 8.42 Å². The van der Waals surface area contributed by atoms with E-state index in [-0.39, 0.29) is 11.4 Å². The van der Waals surface area contributed by atoms with Gasteiger partial charge in [-0.25, -0.2) is 13.1 Å². The van der Waals surface area contributed by atoms with Crippen molar-refractivity contribution in [2.75, 3.05) is 7.11 Å². The van der Waals surface area contributed by atoms with Crippen molar-refractivity contribution in [3.05, 3.63) is 77.0 Å². The number of rotatable bonds is 6. The van der Waals surface area contributed by atoms with E-state index < -0.39 is 10.0 Å². The summed E-state index contributed by atoms with van der Waals surface area (Å²) in [6.07, 6.45) is 0. The van der Waals surface area contributed by atoms with E-state index >= 15 is 0 Å². The summed E-state index contributed by atoms with van der Waals surface area (Å²) in [6.45, 7) is 5.93. The molecule has 6 heteroatoms. The van der Waals surface area contributed by atoms with E-state index in [1.165, 1.54) is 0 Å². The first kappa shape index (κ1) is 20.0. The molecule has 3 aromatic rings. The third-order valence-corrected chi connectivity index (χ3v) is 5.98. The first-order chi connectivity index (χ1) is 13.3. The maximum absolute atomic E-state index is 12.7. The van der Waals surface area contributed by atoms with Crippen LogP contribution in [0.3, 0.4) is 0 Å². The normalized spacial score (nSPS) is 11.4. The smallest absolute Gasteiger partial charge is 0.240 e. The Labute approximate surface area is 166 Å². The number of nitrogens with zero attached hydrogens (tertiary/aromatic N) is 1. The number of sulfonamides is 1. The molecule has 0 unspecified atom stereocenters. The van der Waals surface area contributed by atoms with Crippen molar-refractivity contribution in [3.63, 3.8) is 0 Å². The monoisotopic (exact) mass is 396 g/mol. The number of hydrogen-bond acceptors (Lipinski definition) is 4. The number of ether oxygens (including phenoxy) is 1. The minimum atomic E-state index is -3.62. The fraction of sp³-hybridized carbons (Fsp3) is 0.227. The predicted octanol–water partition coefficient (Wildman–Crippen LogP) is 4.16. The van der Waals surface area contributed by atoms with Gasteiger partial charge in [-0.2, -0.15) is 0 Å². The first-order valence-corrected chi connectivity index (χ1v) is 10.5. The second-order valence-electron chi connectivity index (χ2n) is 6.78. The molecule has 0 atom stereocenters. The Kier molecular flexibility index (Phi) is 5.82. The average molecular weight is 397 g/mol. The van der Waals surface area contributed by atoms with Crippen molar-refractivity contribution >= 4 is 10.0 Å². The minimum Gasteiger partial charge on any atom is -0.497 e. The van der Waals surface area contributed by atoms with Gasteiger partial charge in [0.25, 0.3) is 0 Å². The fourth-order valence-corrected chi connectivity index (χ4v) is 4.21. The summed E-state index contributed by atoms with van der Waals surface area (Å²) >= 11 is 0. The van der Waals surface area contributed by atoms with Crippen molar-refractivity contribution in [2.45, 2.75) is 32.2 Å². The maximum atomic E-state index is 12.7. The van der Waals surface area contributed by atoms with Crippen LogP contribution in [0.1, 0.15) is 22.4 Å². The molecule has 28 heavy (non-hydrogen) atoms. The van der Waals surface area contributed by atoms with Gasteiger partial charge in [-0.3, -0.25) is 4.98 Å². The molecule has 0 saturated carbocycles. The zero-order valence-corrected chi connectivity index (χ0v) is 17.3. The van der Waals surface area contributed by atoms with Crippen LogP contribution in [0.15, 0.2) is 59.5 Å². The van der Waals surface area contributed by atoms with Gasteiger partial charge in [-0.1, -0.05) is 12.1 Å². The van der Waals surface area contributed by atoms with Crippen LogP contribution in [0.5, 0.6) is 5.75 Å². The summed E-state index contributed by atoms with van der Waals surface area (Å²) in [6, 6.07) is 16.4. The highest BCUT2D eigenvalue weighted by Crippen LogP contribution is 2.27. The number of benzene rings is 2. The molecule has 5 nitrogen and oxygen atoms in total. The van der Waals surface area contributed by atoms with Gasteiger partial charge in [0, 0.05) is 17.8 Å². The lowest BCUT2D eigenvalue weighted by molar-refractivity contribution is 0.415. The molecule has 0 radical (unpaired) electrons. The Morgan fingerprint density at radius 3 is 2.36 bits per heavy atom. The molecule has 0 fully saturated rings. The largest absolute Gasteiger partial charge is 0.497 e. The lowest BCUT2D eigenvalue weighted by atomic mass is 10.0. The Balaban J connectivity index is 1.95. The third-order valence-electron chi connectivity index (χ3n) is 4.58. The van der Waals surface area contributed by atoms with Gasteiger partial charge in [-0.05, 0) is 79.9 Å². The van der Waals surface area contributed by atoms with Crippen LogP contribution >= 0.6 is 0 Å². The molecular formula is C22H24N2O3S. The molecule has 146 valence electrons. The van der Waals surface area contributed by atoms with Crippen LogP contribution in [0.25, 0.3) is 11.3 Å². The van der Waals surface area contributed by atoms with E-state index in [1.807, 2.05) is 57.2 Å². The predicted molar refractivity (Wildman–Crippen MR) is 111 cm³/mol. The molecule has 1 N–H and O–H groups in total. The van der Waals surface area contributed by atoms with Gasteiger partial charge in [0.15, 0.2) is 0 Å². The molecular weight excluding hydrogens is 372 g/mol. The summed E-state index contributed by atoms with van der Waals surface area (Å²) in [5.74, 6) is 0.759. The van der Waals surface area contributed by atoms with Crippen LogP contribution < -0.4 is 9.46 Å². The molecule has 0 saturated heterocycles. The van der Waals surface area contributed by atoms with Crippen LogP contribution in [-0.2, 0) is 16.6 Å². The Morgan fingerprint density at radius 2 is 1.71 bits per heavy atom. The molecule has 2 aromatic carbocycles. The number of aryl methyl sites for hydroxylation is 3. The standard InChI is InChI=1S/C22H24N2O3S/c1-15-6-5-7-20(12-15)28(25,26)23-14-21-16(2)13-17(3)24-22(21)18-8-10-19(27-4)11-9-18/h5-13,23H,14H2,1-4H3. The third kappa shape index (κ3) is 4.40. The van der Waals surface area contributed by atoms with E-state index in [0.717, 1.165) is 39.4 Å². The van der Waals surface area contributed by atoms with Gasteiger partial charge >= 0.3 is 0 Å². The highest BCUT2D eigenvalue weighted by Gasteiger charge is 2.17. The van der Waals surface area contributed by atoms with Gasteiger partial charge in [-0.15, -0.1) is 0 Å². The second kappa shape index (κ2) is 8.12. The average Bonchev–Trinajstić information content (AvgIpc) is 2.67. The van der Waals surface area contributed by atoms with E-state index in [1.54, 1.807) is 25.3 Å². The highest BCUT2D eigenvalue weighted by atomic mass is 32.2. The van der Waals surface area contributed by atoms with E-state index in [4.69, 9.17) is 4.74 Å². The van der Waals surface area contributed by atoms with Crippen molar-refractivity contribution in [1.29, 1.82) is 0 Å². The Hall–Kier alpha value is -2.70. The first-order valence-electron chi connectivity index (χ1n) is 8.98. The number of nitrogens with one attached hydrogen (secondary N) is 1. The van der Waals surface area contributed by atoms with Crippen LogP contribution in [0, 0.1) is 20.8 Å². The number of pyridine rings is 1. The number of hydrogen-bond donors (Lipinski definition) is 1. The minimum absolute atomic E-state index is 0.163. The molecule has 0 aliphatic rings. The second-order valence-corrected chi connectivity index (χ2v) is 8.54. The van der Waals surface area contributed by atoms with Crippen LogP contribution in [0.4, 0.5) is 0 Å². The van der Waals surface area contributed by atoms with E-state index in [0.29, 0.717) is 0 Å². The van der Waals surface area contributed by atoms with Crippen molar-refractivity contribution < 1.29 is 13.2 Å². The zero-order chi connectivity index (χ0) is 20.3. The fourth-order valence-electron chi connectivity index (χ4n) is 3.11. The molecule has 3 rings (SSSR count). The van der Waals surface area contributed by atoms with Crippen molar-refractivity contribution in [2.24, 2.45) is 0 Å². The lowest BCUT2D eigenvalue weighted by Crippen LogP contribution is -2.24. The summed E-state index contributed by atoms with van der Waals surface area (Å²) in [5.41, 5.74) is 5.31. The number of aromatic nitrogens is 1. The summed E-state index contributed by atoms with van der Waals surface area (Å²) in [4.78, 5) is 4.93. The Bertz CT molecular complexity index is 1090. The molecule has 0 spiro atoms. The zero-order valence-electron chi connectivity index (χ0n) is 16.5. The molecule has 1 heterocycles. The topological polar surface area (TPSA) is 68.3 Å². The molecule has 0 bridgehead atoms.